The molecule has 0 radical (unpaired) electrons. The van der Waals surface area contributed by atoms with Crippen LogP contribution in [0, 0.1) is 5.82 Å². The van der Waals surface area contributed by atoms with E-state index in [-0.39, 0.29) is 5.92 Å². The van der Waals surface area contributed by atoms with Gasteiger partial charge in [0.25, 0.3) is 11.8 Å². The van der Waals surface area contributed by atoms with Crippen molar-refractivity contribution in [1.29, 1.82) is 0 Å². The van der Waals surface area contributed by atoms with E-state index in [1.54, 1.807) is 22.9 Å². The molecule has 162 valence electrons. The lowest BCUT2D eigenvalue weighted by Gasteiger charge is -2.16. The van der Waals surface area contributed by atoms with Crippen molar-refractivity contribution in [1.82, 2.24) is 20.6 Å². The summed E-state index contributed by atoms with van der Waals surface area (Å²) in [7, 11) is 0. The first-order chi connectivity index (χ1) is 14.8. The van der Waals surface area contributed by atoms with Crippen molar-refractivity contribution in [3.63, 3.8) is 0 Å². The summed E-state index contributed by atoms with van der Waals surface area (Å²) < 4.78 is 20.1. The van der Waals surface area contributed by atoms with Gasteiger partial charge in [-0.2, -0.15) is 5.10 Å². The third-order valence-corrected chi connectivity index (χ3v) is 4.68. The second-order valence-electron chi connectivity index (χ2n) is 7.15. The number of carbonyl (C=O) groups excluding carboxylic acids is 2. The molecule has 2 aromatic carbocycles. The fraction of sp³-hybridized carbons (Fsp3) is 0.227. The minimum absolute atomic E-state index is 0.0290. The van der Waals surface area contributed by atoms with Crippen LogP contribution in [-0.2, 0) is 4.79 Å². The Morgan fingerprint density at radius 1 is 1.10 bits per heavy atom. The van der Waals surface area contributed by atoms with Crippen LogP contribution in [0.1, 0.15) is 42.7 Å². The van der Waals surface area contributed by atoms with E-state index >= 15 is 0 Å². The summed E-state index contributed by atoms with van der Waals surface area (Å²) in [5, 5.41) is 4.88. The van der Waals surface area contributed by atoms with Crippen LogP contribution in [0.3, 0.4) is 0 Å². The summed E-state index contributed by atoms with van der Waals surface area (Å²) in [5.74, 6) is -1.18. The van der Waals surface area contributed by atoms with Gasteiger partial charge in [0.05, 0.1) is 23.1 Å². The van der Waals surface area contributed by atoms with Gasteiger partial charge in [-0.1, -0.05) is 31.5 Å². The molecule has 0 fully saturated rings. The van der Waals surface area contributed by atoms with Crippen LogP contribution in [0.5, 0.6) is 5.75 Å². The topological polar surface area (TPSA) is 85.2 Å². The van der Waals surface area contributed by atoms with Crippen molar-refractivity contribution in [2.24, 2.45) is 0 Å². The molecule has 0 bridgehead atoms. The van der Waals surface area contributed by atoms with Crippen LogP contribution in [0.25, 0.3) is 5.69 Å². The summed E-state index contributed by atoms with van der Waals surface area (Å²) in [6.07, 6.45) is 0.528. The van der Waals surface area contributed by atoms with E-state index < -0.39 is 23.7 Å². The molecule has 2 N–H and O–H groups in total. The van der Waals surface area contributed by atoms with Crippen molar-refractivity contribution < 1.29 is 18.7 Å². The Labute approximate surface area is 184 Å². The van der Waals surface area contributed by atoms with E-state index in [0.29, 0.717) is 22.0 Å². The Bertz CT molecular complexity index is 1080. The average Bonchev–Trinajstić information content (AvgIpc) is 3.19. The number of nitrogens with zero attached hydrogens (tertiary/aromatic N) is 2. The molecule has 31 heavy (non-hydrogen) atoms. The van der Waals surface area contributed by atoms with Crippen LogP contribution in [-0.4, -0.2) is 27.7 Å². The molecule has 1 unspecified atom stereocenters. The van der Waals surface area contributed by atoms with Crippen molar-refractivity contribution in [3.05, 3.63) is 76.8 Å². The molecule has 0 aliphatic carbocycles. The second-order valence-corrected chi connectivity index (χ2v) is 7.58. The molecule has 0 saturated carbocycles. The van der Waals surface area contributed by atoms with Gasteiger partial charge >= 0.3 is 0 Å². The Kier molecular flexibility index (Phi) is 6.91. The molecule has 9 heteroatoms. The van der Waals surface area contributed by atoms with E-state index in [4.69, 9.17) is 16.3 Å². The quantitative estimate of drug-likeness (QED) is 0.562. The highest BCUT2D eigenvalue weighted by Gasteiger charge is 2.22. The van der Waals surface area contributed by atoms with Gasteiger partial charge in [-0.3, -0.25) is 20.4 Å². The van der Waals surface area contributed by atoms with Crippen LogP contribution in [0.2, 0.25) is 5.02 Å². The number of hydrazine groups is 1. The van der Waals surface area contributed by atoms with Gasteiger partial charge in [0, 0.05) is 5.02 Å². The zero-order valence-corrected chi connectivity index (χ0v) is 18.0. The van der Waals surface area contributed by atoms with Gasteiger partial charge in [-0.25, -0.2) is 9.07 Å². The molecule has 0 aliphatic heterocycles. The molecule has 1 atom stereocenters. The highest BCUT2D eigenvalue weighted by atomic mass is 35.5. The number of rotatable bonds is 6. The summed E-state index contributed by atoms with van der Waals surface area (Å²) in [6.45, 7) is 5.39. The van der Waals surface area contributed by atoms with Gasteiger partial charge in [0.1, 0.15) is 11.6 Å². The number of amides is 2. The summed E-state index contributed by atoms with van der Waals surface area (Å²) in [6, 6.07) is 12.4. The van der Waals surface area contributed by atoms with E-state index in [2.05, 4.69) is 16.0 Å². The number of halogens is 2. The lowest BCUT2D eigenvalue weighted by molar-refractivity contribution is -0.128. The first-order valence-electron chi connectivity index (χ1n) is 9.62. The van der Waals surface area contributed by atoms with E-state index in [1.165, 1.54) is 37.4 Å². The minimum atomic E-state index is -0.912. The summed E-state index contributed by atoms with van der Waals surface area (Å²) in [5.41, 5.74) is 6.44. The van der Waals surface area contributed by atoms with Crippen LogP contribution < -0.4 is 15.6 Å². The Morgan fingerprint density at radius 2 is 1.81 bits per heavy atom. The van der Waals surface area contributed by atoms with Crippen molar-refractivity contribution in [3.8, 4) is 11.4 Å². The number of ether oxygens (including phenoxy) is 1. The highest BCUT2D eigenvalue weighted by molar-refractivity contribution is 6.30. The number of carbonyl (C=O) groups is 2. The lowest BCUT2D eigenvalue weighted by Crippen LogP contribution is -2.47. The van der Waals surface area contributed by atoms with Gasteiger partial charge in [-0.15, -0.1) is 0 Å². The van der Waals surface area contributed by atoms with Gasteiger partial charge in [0.15, 0.2) is 6.10 Å². The molecule has 0 saturated heterocycles. The van der Waals surface area contributed by atoms with E-state index in [0.717, 1.165) is 5.69 Å². The van der Waals surface area contributed by atoms with Crippen molar-refractivity contribution in [2.75, 3.05) is 0 Å². The Hall–Kier alpha value is -3.39. The Morgan fingerprint density at radius 3 is 2.45 bits per heavy atom. The van der Waals surface area contributed by atoms with Crippen LogP contribution >= 0.6 is 11.6 Å². The fourth-order valence-corrected chi connectivity index (χ4v) is 3.14. The molecule has 1 aromatic heterocycles. The average molecular weight is 445 g/mol. The maximum Gasteiger partial charge on any atom is 0.279 e. The first-order valence-corrected chi connectivity index (χ1v) is 10.0. The first kappa shape index (κ1) is 22.3. The molecule has 7 nitrogen and oxygen atoms in total. The van der Waals surface area contributed by atoms with Gasteiger partial charge in [0.2, 0.25) is 0 Å². The molecule has 3 rings (SSSR count). The lowest BCUT2D eigenvalue weighted by atomic mass is 10.1. The maximum atomic E-state index is 13.0. The van der Waals surface area contributed by atoms with Gasteiger partial charge in [-0.05, 0) is 55.3 Å². The molecule has 1 heterocycles. The predicted octanol–water partition coefficient (Wildman–Crippen LogP) is 4.02. The summed E-state index contributed by atoms with van der Waals surface area (Å²) in [4.78, 5) is 25.0. The third kappa shape index (κ3) is 5.40. The summed E-state index contributed by atoms with van der Waals surface area (Å²) >= 11 is 6.08. The number of benzene rings is 2. The van der Waals surface area contributed by atoms with Gasteiger partial charge < -0.3 is 4.74 Å². The molecular formula is C22H22ClFN4O3. The molecular weight excluding hydrogens is 423 g/mol. The standard InChI is InChI=1S/C22H22ClFN4O3/c1-13(2)20-19(12-25-28(20)17-6-4-5-15(23)11-17)22(30)27-26-21(29)14(3)31-18-9-7-16(24)8-10-18/h4-14H,1-3H3,(H,26,29)(H,27,30). The fourth-order valence-electron chi connectivity index (χ4n) is 2.96. The van der Waals surface area contributed by atoms with E-state index in [9.17, 15) is 14.0 Å². The predicted molar refractivity (Wildman–Crippen MR) is 115 cm³/mol. The molecule has 0 aliphatic rings. The van der Waals surface area contributed by atoms with Crippen molar-refractivity contribution in [2.45, 2.75) is 32.8 Å². The zero-order chi connectivity index (χ0) is 22.5. The number of nitrogens with one attached hydrogen (secondary N) is 2. The highest BCUT2D eigenvalue weighted by Crippen LogP contribution is 2.24. The van der Waals surface area contributed by atoms with E-state index in [1.807, 2.05) is 19.9 Å². The Balaban J connectivity index is 1.68. The van der Waals surface area contributed by atoms with Crippen molar-refractivity contribution >= 4 is 23.4 Å². The number of hydrogen-bond acceptors (Lipinski definition) is 4. The van der Waals surface area contributed by atoms with Crippen LogP contribution in [0.4, 0.5) is 4.39 Å². The third-order valence-electron chi connectivity index (χ3n) is 4.45. The number of aromatic nitrogens is 2. The molecule has 2 amide bonds. The maximum absolute atomic E-state index is 13.0. The zero-order valence-electron chi connectivity index (χ0n) is 17.2. The molecule has 0 spiro atoms. The molecule has 3 aromatic rings. The number of hydrogen-bond donors (Lipinski definition) is 2. The smallest absolute Gasteiger partial charge is 0.279 e. The second kappa shape index (κ2) is 9.61. The minimum Gasteiger partial charge on any atom is -0.481 e. The normalized spacial score (nSPS) is 11.8. The van der Waals surface area contributed by atoms with Crippen LogP contribution in [0.15, 0.2) is 54.7 Å². The monoisotopic (exact) mass is 444 g/mol. The SMILES string of the molecule is CC(Oc1ccc(F)cc1)C(=O)NNC(=O)c1cnn(-c2cccc(Cl)c2)c1C(C)C. The largest absolute Gasteiger partial charge is 0.481 e.